The SMILES string of the molecule is CN(c1ccc(C(=O)NCc2ccco2)nc1)C1CCS(=O)(=O)C1. The van der Waals surface area contributed by atoms with E-state index in [1.165, 1.54) is 0 Å². The molecule has 0 aromatic carbocycles. The Bertz CT molecular complexity index is 800. The Morgan fingerprint density at radius 1 is 1.42 bits per heavy atom. The highest BCUT2D eigenvalue weighted by atomic mass is 32.2. The van der Waals surface area contributed by atoms with Gasteiger partial charge in [0.25, 0.3) is 5.91 Å². The maximum Gasteiger partial charge on any atom is 0.270 e. The fraction of sp³-hybridized carbons (Fsp3) is 0.375. The minimum absolute atomic E-state index is 0.0459. The predicted molar refractivity (Wildman–Crippen MR) is 89.6 cm³/mol. The molecule has 128 valence electrons. The zero-order valence-electron chi connectivity index (χ0n) is 13.3. The summed E-state index contributed by atoms with van der Waals surface area (Å²) in [5.74, 6) is 0.767. The van der Waals surface area contributed by atoms with Crippen molar-refractivity contribution in [1.82, 2.24) is 10.3 Å². The van der Waals surface area contributed by atoms with E-state index in [0.29, 0.717) is 24.4 Å². The molecule has 0 radical (unpaired) electrons. The molecule has 3 rings (SSSR count). The molecule has 0 saturated carbocycles. The second kappa shape index (κ2) is 6.64. The number of sulfone groups is 1. The van der Waals surface area contributed by atoms with Gasteiger partial charge in [0, 0.05) is 13.1 Å². The second-order valence-corrected chi connectivity index (χ2v) is 8.06. The number of amides is 1. The van der Waals surface area contributed by atoms with Crippen LogP contribution in [0.5, 0.6) is 0 Å². The van der Waals surface area contributed by atoms with Crippen LogP contribution < -0.4 is 10.2 Å². The van der Waals surface area contributed by atoms with Gasteiger partial charge in [-0.15, -0.1) is 0 Å². The van der Waals surface area contributed by atoms with Gasteiger partial charge < -0.3 is 14.6 Å². The molecule has 24 heavy (non-hydrogen) atoms. The highest BCUT2D eigenvalue weighted by molar-refractivity contribution is 7.91. The van der Waals surface area contributed by atoms with Crippen LogP contribution in [0.2, 0.25) is 0 Å². The first-order valence-electron chi connectivity index (χ1n) is 7.64. The molecule has 1 unspecified atom stereocenters. The predicted octanol–water partition coefficient (Wildman–Crippen LogP) is 1.23. The number of pyridine rings is 1. The molecule has 2 aromatic rings. The molecular formula is C16H19N3O4S. The van der Waals surface area contributed by atoms with Crippen molar-refractivity contribution in [3.63, 3.8) is 0 Å². The lowest BCUT2D eigenvalue weighted by Gasteiger charge is -2.25. The quantitative estimate of drug-likeness (QED) is 0.873. The third-order valence-electron chi connectivity index (χ3n) is 4.15. The first kappa shape index (κ1) is 16.5. The van der Waals surface area contributed by atoms with Crippen LogP contribution >= 0.6 is 0 Å². The van der Waals surface area contributed by atoms with E-state index in [-0.39, 0.29) is 23.5 Å². The Kier molecular flexibility index (Phi) is 4.57. The fourth-order valence-electron chi connectivity index (χ4n) is 2.69. The van der Waals surface area contributed by atoms with E-state index in [1.807, 2.05) is 11.9 Å². The second-order valence-electron chi connectivity index (χ2n) is 5.83. The van der Waals surface area contributed by atoms with Crippen LogP contribution in [0, 0.1) is 0 Å². The Balaban J connectivity index is 1.61. The third-order valence-corrected chi connectivity index (χ3v) is 5.90. The van der Waals surface area contributed by atoms with Crippen LogP contribution in [0.15, 0.2) is 41.1 Å². The van der Waals surface area contributed by atoms with Crippen molar-refractivity contribution in [2.24, 2.45) is 0 Å². The number of hydrogen-bond acceptors (Lipinski definition) is 6. The number of furan rings is 1. The van der Waals surface area contributed by atoms with Gasteiger partial charge in [0.15, 0.2) is 9.84 Å². The van der Waals surface area contributed by atoms with E-state index in [9.17, 15) is 13.2 Å². The van der Waals surface area contributed by atoms with Crippen LogP contribution in [0.3, 0.4) is 0 Å². The summed E-state index contributed by atoms with van der Waals surface area (Å²) in [7, 11) is -1.09. The zero-order chi connectivity index (χ0) is 17.2. The molecule has 7 nitrogen and oxygen atoms in total. The first-order valence-corrected chi connectivity index (χ1v) is 9.47. The maximum absolute atomic E-state index is 12.1. The van der Waals surface area contributed by atoms with Crippen molar-refractivity contribution >= 4 is 21.4 Å². The summed E-state index contributed by atoms with van der Waals surface area (Å²) < 4.78 is 28.3. The highest BCUT2D eigenvalue weighted by Crippen LogP contribution is 2.22. The van der Waals surface area contributed by atoms with Crippen molar-refractivity contribution < 1.29 is 17.6 Å². The smallest absolute Gasteiger partial charge is 0.270 e. The topological polar surface area (TPSA) is 92.5 Å². The third kappa shape index (κ3) is 3.76. The van der Waals surface area contributed by atoms with Gasteiger partial charge in [-0.1, -0.05) is 0 Å². The maximum atomic E-state index is 12.1. The van der Waals surface area contributed by atoms with Gasteiger partial charge >= 0.3 is 0 Å². The summed E-state index contributed by atoms with van der Waals surface area (Å²) in [6.45, 7) is 0.301. The molecule has 0 aliphatic carbocycles. The summed E-state index contributed by atoms with van der Waals surface area (Å²) in [5.41, 5.74) is 1.09. The lowest BCUT2D eigenvalue weighted by atomic mass is 10.2. The van der Waals surface area contributed by atoms with Crippen molar-refractivity contribution in [2.45, 2.75) is 19.0 Å². The Hall–Kier alpha value is -2.35. The largest absolute Gasteiger partial charge is 0.467 e. The van der Waals surface area contributed by atoms with Crippen LogP contribution in [-0.4, -0.2) is 43.9 Å². The summed E-state index contributed by atoms with van der Waals surface area (Å²) in [6.07, 6.45) is 3.75. The van der Waals surface area contributed by atoms with Gasteiger partial charge in [0.1, 0.15) is 11.5 Å². The minimum atomic E-state index is -2.93. The molecule has 1 saturated heterocycles. The standard InChI is InChI=1S/C16H19N3O4S/c1-19(13-6-8-24(21,22)11-13)12-4-5-15(17-9-12)16(20)18-10-14-3-2-7-23-14/h2-5,7,9,13H,6,8,10-11H2,1H3,(H,18,20). The number of aromatic nitrogens is 1. The van der Waals surface area contributed by atoms with E-state index >= 15 is 0 Å². The lowest BCUT2D eigenvalue weighted by Crippen LogP contribution is -2.32. The summed E-state index contributed by atoms with van der Waals surface area (Å²) in [6, 6.07) is 6.90. The number of carbonyl (C=O) groups excluding carboxylic acids is 1. The Morgan fingerprint density at radius 3 is 2.83 bits per heavy atom. The normalized spacial score (nSPS) is 19.1. The van der Waals surface area contributed by atoms with E-state index in [2.05, 4.69) is 10.3 Å². The van der Waals surface area contributed by atoms with E-state index < -0.39 is 9.84 Å². The highest BCUT2D eigenvalue weighted by Gasteiger charge is 2.30. The van der Waals surface area contributed by atoms with Gasteiger partial charge in [-0.3, -0.25) is 4.79 Å². The average Bonchev–Trinajstić information content (AvgIpc) is 3.21. The monoisotopic (exact) mass is 349 g/mol. The fourth-order valence-corrected chi connectivity index (χ4v) is 4.47. The van der Waals surface area contributed by atoms with Crippen LogP contribution in [0.4, 0.5) is 5.69 Å². The number of nitrogens with zero attached hydrogens (tertiary/aromatic N) is 2. The number of rotatable bonds is 5. The molecule has 3 heterocycles. The molecule has 2 aromatic heterocycles. The van der Waals surface area contributed by atoms with Crippen LogP contribution in [0.1, 0.15) is 22.7 Å². The first-order chi connectivity index (χ1) is 11.4. The summed E-state index contributed by atoms with van der Waals surface area (Å²) in [4.78, 5) is 18.1. The molecule has 1 aliphatic rings. The van der Waals surface area contributed by atoms with Crippen molar-refractivity contribution in [1.29, 1.82) is 0 Å². The number of anilines is 1. The van der Waals surface area contributed by atoms with Crippen molar-refractivity contribution in [2.75, 3.05) is 23.5 Å². The van der Waals surface area contributed by atoms with Gasteiger partial charge in [-0.05, 0) is 30.7 Å². The van der Waals surface area contributed by atoms with E-state index in [4.69, 9.17) is 4.42 Å². The van der Waals surface area contributed by atoms with Crippen molar-refractivity contribution in [3.05, 3.63) is 48.2 Å². The Labute approximate surface area is 140 Å². The van der Waals surface area contributed by atoms with Crippen molar-refractivity contribution in [3.8, 4) is 0 Å². The van der Waals surface area contributed by atoms with E-state index in [0.717, 1.165) is 5.69 Å². The number of nitrogens with one attached hydrogen (secondary N) is 1. The number of hydrogen-bond donors (Lipinski definition) is 1. The minimum Gasteiger partial charge on any atom is -0.467 e. The van der Waals surface area contributed by atoms with Crippen LogP contribution in [0.25, 0.3) is 0 Å². The molecule has 0 bridgehead atoms. The van der Waals surface area contributed by atoms with Gasteiger partial charge in [-0.2, -0.15) is 0 Å². The molecule has 1 fully saturated rings. The van der Waals surface area contributed by atoms with Crippen LogP contribution in [-0.2, 0) is 16.4 Å². The molecule has 8 heteroatoms. The molecule has 1 N–H and O–H groups in total. The Morgan fingerprint density at radius 2 is 2.25 bits per heavy atom. The summed E-state index contributed by atoms with van der Waals surface area (Å²) >= 11 is 0. The zero-order valence-corrected chi connectivity index (χ0v) is 14.1. The van der Waals surface area contributed by atoms with E-state index in [1.54, 1.807) is 36.7 Å². The van der Waals surface area contributed by atoms with Gasteiger partial charge in [0.05, 0.1) is 36.2 Å². The molecule has 1 aliphatic heterocycles. The molecular weight excluding hydrogens is 330 g/mol. The molecule has 1 amide bonds. The average molecular weight is 349 g/mol. The van der Waals surface area contributed by atoms with Gasteiger partial charge in [0.2, 0.25) is 0 Å². The number of carbonyl (C=O) groups is 1. The van der Waals surface area contributed by atoms with Gasteiger partial charge in [-0.25, -0.2) is 13.4 Å². The lowest BCUT2D eigenvalue weighted by molar-refractivity contribution is 0.0943. The molecule has 0 spiro atoms. The molecule has 1 atom stereocenters. The summed E-state index contributed by atoms with van der Waals surface area (Å²) in [5, 5.41) is 2.73.